The Labute approximate surface area is 70.6 Å². The molecule has 1 aromatic rings. The predicted octanol–water partition coefficient (Wildman–Crippen LogP) is 2.08. The Balaban J connectivity index is 2.94. The van der Waals surface area contributed by atoms with E-state index in [-0.39, 0.29) is 4.88 Å². The summed E-state index contributed by atoms with van der Waals surface area (Å²) in [4.78, 5) is 20.5. The van der Waals surface area contributed by atoms with Crippen molar-refractivity contribution in [3.63, 3.8) is 0 Å². The van der Waals surface area contributed by atoms with Crippen LogP contribution in [0.4, 0.5) is 4.39 Å². The van der Waals surface area contributed by atoms with E-state index in [1.54, 1.807) is 0 Å². The Morgan fingerprint density at radius 3 is 2.55 bits per heavy atom. The van der Waals surface area contributed by atoms with Crippen LogP contribution in [0.2, 0.25) is 5.02 Å². The highest BCUT2D eigenvalue weighted by molar-refractivity contribution is 7.13. The summed E-state index contributed by atoms with van der Waals surface area (Å²) in [5, 5.41) is 1.79. The van der Waals surface area contributed by atoms with Crippen molar-refractivity contribution in [1.82, 2.24) is 0 Å². The smallest absolute Gasteiger partial charge is 0.281 e. The third-order valence-corrected chi connectivity index (χ3v) is 2.25. The second-order valence-corrected chi connectivity index (χ2v) is 3.08. The molecular weight excluding hydrogens is 191 g/mol. The number of rotatable bonds is 2. The molecule has 0 atom stereocenters. The highest BCUT2D eigenvalue weighted by Gasteiger charge is 2.16. The zero-order chi connectivity index (χ0) is 8.43. The van der Waals surface area contributed by atoms with Crippen molar-refractivity contribution in [1.29, 1.82) is 0 Å². The van der Waals surface area contributed by atoms with Gasteiger partial charge in [-0.15, -0.1) is 11.3 Å². The van der Waals surface area contributed by atoms with E-state index in [2.05, 4.69) is 0 Å². The van der Waals surface area contributed by atoms with E-state index in [4.69, 9.17) is 11.6 Å². The van der Waals surface area contributed by atoms with Gasteiger partial charge < -0.3 is 0 Å². The zero-order valence-electron chi connectivity index (χ0n) is 5.14. The second kappa shape index (κ2) is 3.11. The van der Waals surface area contributed by atoms with Gasteiger partial charge in [0.05, 0.1) is 9.90 Å². The monoisotopic (exact) mass is 192 g/mol. The van der Waals surface area contributed by atoms with Gasteiger partial charge in [0.25, 0.3) is 5.78 Å². The van der Waals surface area contributed by atoms with E-state index in [1.165, 1.54) is 11.4 Å². The molecule has 1 heterocycles. The molecule has 0 saturated carbocycles. The van der Waals surface area contributed by atoms with Crippen molar-refractivity contribution in [2.45, 2.75) is 0 Å². The Kier molecular flexibility index (Phi) is 2.36. The quantitative estimate of drug-likeness (QED) is 0.409. The van der Waals surface area contributed by atoms with Crippen LogP contribution < -0.4 is 0 Å². The third kappa shape index (κ3) is 1.85. The molecule has 0 fully saturated rings. The van der Waals surface area contributed by atoms with Gasteiger partial charge in [0.2, 0.25) is 0 Å². The van der Waals surface area contributed by atoms with Crippen LogP contribution >= 0.6 is 22.9 Å². The van der Waals surface area contributed by atoms with Crippen molar-refractivity contribution < 1.29 is 14.0 Å². The summed E-state index contributed by atoms with van der Waals surface area (Å²) in [6.45, 7) is 0. The van der Waals surface area contributed by atoms with Gasteiger partial charge in [0.15, 0.2) is 0 Å². The zero-order valence-corrected chi connectivity index (χ0v) is 6.71. The molecule has 1 rings (SSSR count). The first-order chi connectivity index (χ1) is 5.11. The molecule has 0 N–H and O–H groups in total. The topological polar surface area (TPSA) is 34.1 Å². The summed E-state index contributed by atoms with van der Waals surface area (Å²) in [6.07, 6.45) is 0. The molecular formula is C6H2ClFO2S. The Morgan fingerprint density at radius 1 is 1.55 bits per heavy atom. The Hall–Kier alpha value is -0.740. The lowest BCUT2D eigenvalue weighted by molar-refractivity contribution is -0.124. The molecule has 0 amide bonds. The fourth-order valence-corrected chi connectivity index (χ4v) is 1.53. The third-order valence-electron chi connectivity index (χ3n) is 0.970. The van der Waals surface area contributed by atoms with E-state index < -0.39 is 11.8 Å². The maximum atomic E-state index is 11.8. The highest BCUT2D eigenvalue weighted by Crippen LogP contribution is 2.19. The summed E-state index contributed by atoms with van der Waals surface area (Å²) in [5.41, 5.74) is 0. The first kappa shape index (κ1) is 8.36. The van der Waals surface area contributed by atoms with Crippen molar-refractivity contribution in [2.75, 3.05) is 0 Å². The maximum Gasteiger partial charge on any atom is 0.373 e. The molecule has 0 bridgehead atoms. The molecule has 11 heavy (non-hydrogen) atoms. The molecule has 0 unspecified atom stereocenters. The predicted molar refractivity (Wildman–Crippen MR) is 39.8 cm³/mol. The molecule has 0 aromatic carbocycles. The molecule has 0 aliphatic carbocycles. The number of Topliss-reactive ketones (excluding diaryl/α,β-unsaturated/α-hetero) is 1. The summed E-state index contributed by atoms with van der Waals surface area (Å²) in [7, 11) is 0. The number of carbonyl (C=O) groups is 2. The molecule has 5 heteroatoms. The van der Waals surface area contributed by atoms with Gasteiger partial charge in [-0.2, -0.15) is 4.39 Å². The molecule has 2 nitrogen and oxygen atoms in total. The van der Waals surface area contributed by atoms with Crippen LogP contribution in [0, 0.1) is 0 Å². The fourth-order valence-electron chi connectivity index (χ4n) is 0.529. The summed E-state index contributed by atoms with van der Waals surface area (Å²) in [5.74, 6) is -1.14. The normalized spacial score (nSPS) is 9.64. The van der Waals surface area contributed by atoms with E-state index in [0.29, 0.717) is 5.02 Å². The van der Waals surface area contributed by atoms with Crippen LogP contribution in [0.25, 0.3) is 0 Å². The van der Waals surface area contributed by atoms with Crippen molar-refractivity contribution in [2.24, 2.45) is 0 Å². The summed E-state index contributed by atoms with van der Waals surface area (Å²) < 4.78 is 11.8. The van der Waals surface area contributed by atoms with Gasteiger partial charge in [0.1, 0.15) is 0 Å². The molecule has 1 aromatic heterocycles. The lowest BCUT2D eigenvalue weighted by Gasteiger charge is -1.83. The van der Waals surface area contributed by atoms with Gasteiger partial charge in [-0.25, -0.2) is 0 Å². The SMILES string of the molecule is O=C(F)C(=O)c1cc(Cl)cs1. The van der Waals surface area contributed by atoms with Crippen LogP contribution in [0.3, 0.4) is 0 Å². The first-order valence-electron chi connectivity index (χ1n) is 2.59. The second-order valence-electron chi connectivity index (χ2n) is 1.73. The largest absolute Gasteiger partial charge is 0.373 e. The van der Waals surface area contributed by atoms with Crippen LogP contribution in [0.15, 0.2) is 11.4 Å². The number of thiophene rings is 1. The van der Waals surface area contributed by atoms with Crippen molar-refractivity contribution in [3.8, 4) is 0 Å². The van der Waals surface area contributed by atoms with E-state index in [9.17, 15) is 14.0 Å². The molecule has 0 aliphatic rings. The number of hydrogen-bond donors (Lipinski definition) is 0. The number of hydrogen-bond acceptors (Lipinski definition) is 3. The number of ketones is 1. The molecule has 0 aliphatic heterocycles. The highest BCUT2D eigenvalue weighted by atomic mass is 35.5. The van der Waals surface area contributed by atoms with Gasteiger partial charge in [-0.1, -0.05) is 11.6 Å². The maximum absolute atomic E-state index is 11.8. The van der Waals surface area contributed by atoms with Crippen LogP contribution in [-0.2, 0) is 4.79 Å². The first-order valence-corrected chi connectivity index (χ1v) is 3.85. The summed E-state index contributed by atoms with van der Waals surface area (Å²) in [6, 6.07) is -0.699. The van der Waals surface area contributed by atoms with Gasteiger partial charge in [0, 0.05) is 5.38 Å². The van der Waals surface area contributed by atoms with Crippen LogP contribution in [0.5, 0.6) is 0 Å². The molecule has 0 radical (unpaired) electrons. The lowest BCUT2D eigenvalue weighted by Crippen LogP contribution is -2.05. The summed E-state index contributed by atoms with van der Waals surface area (Å²) >= 11 is 6.38. The van der Waals surface area contributed by atoms with E-state index >= 15 is 0 Å². The number of carbonyl (C=O) groups excluding carboxylic acids is 2. The lowest BCUT2D eigenvalue weighted by atomic mass is 10.3. The molecule has 58 valence electrons. The average Bonchev–Trinajstić information content (AvgIpc) is 2.34. The Morgan fingerprint density at radius 2 is 2.18 bits per heavy atom. The van der Waals surface area contributed by atoms with Gasteiger partial charge in [-0.3, -0.25) is 9.59 Å². The number of halogens is 2. The molecule has 0 saturated heterocycles. The van der Waals surface area contributed by atoms with E-state index in [1.807, 2.05) is 0 Å². The molecule has 0 spiro atoms. The fraction of sp³-hybridized carbons (Fsp3) is 0. The van der Waals surface area contributed by atoms with Gasteiger partial charge >= 0.3 is 6.04 Å². The minimum absolute atomic E-state index is 0.0301. The van der Waals surface area contributed by atoms with Crippen LogP contribution in [0.1, 0.15) is 9.67 Å². The van der Waals surface area contributed by atoms with Crippen molar-refractivity contribution >= 4 is 34.8 Å². The van der Waals surface area contributed by atoms with Crippen molar-refractivity contribution in [3.05, 3.63) is 21.3 Å². The average molecular weight is 193 g/mol. The van der Waals surface area contributed by atoms with Gasteiger partial charge in [-0.05, 0) is 6.07 Å². The van der Waals surface area contributed by atoms with E-state index in [0.717, 1.165) is 11.3 Å². The minimum atomic E-state index is -1.96. The Bertz CT molecular complexity index is 307. The minimum Gasteiger partial charge on any atom is -0.281 e. The standard InChI is InChI=1S/C6H2ClFO2S/c7-3-1-4(11-2-3)5(9)6(8)10/h1-2H. The van der Waals surface area contributed by atoms with Crippen LogP contribution in [-0.4, -0.2) is 11.8 Å².